The molecule has 0 aliphatic carbocycles. The van der Waals surface area contributed by atoms with E-state index < -0.39 is 0 Å². The molecule has 6 nitrogen and oxygen atoms in total. The van der Waals surface area contributed by atoms with Crippen LogP contribution in [0.15, 0.2) is 69.5 Å². The first kappa shape index (κ1) is 14.4. The molecule has 0 unspecified atom stereocenters. The third-order valence-electron chi connectivity index (χ3n) is 3.36. The van der Waals surface area contributed by atoms with Crippen LogP contribution in [0.1, 0.15) is 5.69 Å². The van der Waals surface area contributed by atoms with Crippen molar-refractivity contribution < 1.29 is 4.42 Å². The third-order valence-corrected chi connectivity index (χ3v) is 4.12. The number of nitrogens with zero attached hydrogens (tertiary/aromatic N) is 5. The van der Waals surface area contributed by atoms with Gasteiger partial charge in [-0.25, -0.2) is 9.97 Å². The largest absolute Gasteiger partial charge is 0.411 e. The van der Waals surface area contributed by atoms with Crippen molar-refractivity contribution in [3.63, 3.8) is 0 Å². The number of hydrogen-bond acceptors (Lipinski definition) is 7. The minimum absolute atomic E-state index is 0.265. The second kappa shape index (κ2) is 6.10. The lowest BCUT2D eigenvalue weighted by molar-refractivity contribution is 0.466. The van der Waals surface area contributed by atoms with Crippen LogP contribution in [0.2, 0.25) is 0 Å². The summed E-state index contributed by atoms with van der Waals surface area (Å²) in [6, 6.07) is 15.9. The summed E-state index contributed by atoms with van der Waals surface area (Å²) in [5.74, 6) is 0.455. The van der Waals surface area contributed by atoms with Crippen LogP contribution in [0.25, 0.3) is 22.2 Å². The molecule has 0 atom stereocenters. The fourth-order valence-electron chi connectivity index (χ4n) is 2.29. The number of fused-ring (bicyclic) bond motifs is 1. The molecule has 0 fully saturated rings. The zero-order valence-electron chi connectivity index (χ0n) is 12.2. The lowest BCUT2D eigenvalue weighted by Crippen LogP contribution is -1.86. The van der Waals surface area contributed by atoms with E-state index in [0.29, 0.717) is 16.1 Å². The lowest BCUT2D eigenvalue weighted by Gasteiger charge is -2.01. The van der Waals surface area contributed by atoms with Crippen molar-refractivity contribution in [1.29, 1.82) is 5.26 Å². The summed E-state index contributed by atoms with van der Waals surface area (Å²) in [7, 11) is 0. The molecule has 4 aromatic rings. The van der Waals surface area contributed by atoms with Gasteiger partial charge in [-0.15, -0.1) is 10.2 Å². The van der Waals surface area contributed by atoms with Crippen LogP contribution in [0.5, 0.6) is 0 Å². The minimum Gasteiger partial charge on any atom is -0.411 e. The second-order valence-electron chi connectivity index (χ2n) is 4.85. The molecule has 0 aliphatic heterocycles. The highest BCUT2D eigenvalue weighted by atomic mass is 32.2. The summed E-state index contributed by atoms with van der Waals surface area (Å²) in [4.78, 5) is 8.09. The smallest absolute Gasteiger partial charge is 0.283 e. The van der Waals surface area contributed by atoms with Crippen molar-refractivity contribution in [2.24, 2.45) is 0 Å². The Labute approximate surface area is 141 Å². The Bertz CT molecular complexity index is 1050. The van der Waals surface area contributed by atoms with Crippen LogP contribution >= 0.6 is 11.8 Å². The monoisotopic (exact) mass is 331 g/mol. The van der Waals surface area contributed by atoms with Gasteiger partial charge in [0.2, 0.25) is 5.89 Å². The van der Waals surface area contributed by atoms with Gasteiger partial charge < -0.3 is 4.42 Å². The van der Waals surface area contributed by atoms with Crippen LogP contribution in [0.3, 0.4) is 0 Å². The highest BCUT2D eigenvalue weighted by molar-refractivity contribution is 7.99. The summed E-state index contributed by atoms with van der Waals surface area (Å²) in [5, 5.41) is 20.0. The van der Waals surface area contributed by atoms with Gasteiger partial charge in [0.25, 0.3) is 5.22 Å². The van der Waals surface area contributed by atoms with E-state index in [2.05, 4.69) is 20.2 Å². The summed E-state index contributed by atoms with van der Waals surface area (Å²) in [5.41, 5.74) is 1.15. The van der Waals surface area contributed by atoms with Crippen molar-refractivity contribution in [1.82, 2.24) is 20.2 Å². The van der Waals surface area contributed by atoms with Crippen molar-refractivity contribution >= 4 is 22.5 Å². The van der Waals surface area contributed by atoms with Gasteiger partial charge in [-0.05, 0) is 28.6 Å². The maximum Gasteiger partial charge on any atom is 0.283 e. The maximum absolute atomic E-state index is 8.73. The van der Waals surface area contributed by atoms with Gasteiger partial charge in [0, 0.05) is 5.56 Å². The first-order valence-corrected chi connectivity index (χ1v) is 7.87. The first-order valence-electron chi connectivity index (χ1n) is 7.05. The average molecular weight is 331 g/mol. The predicted octanol–water partition coefficient (Wildman–Crippen LogP) is 3.70. The third kappa shape index (κ3) is 2.71. The molecule has 2 aromatic carbocycles. The van der Waals surface area contributed by atoms with Crippen LogP contribution in [0.4, 0.5) is 0 Å². The van der Waals surface area contributed by atoms with Gasteiger partial charge in [0.1, 0.15) is 11.1 Å². The summed E-state index contributed by atoms with van der Waals surface area (Å²) in [6.07, 6.45) is 2.91. The average Bonchev–Trinajstić information content (AvgIpc) is 3.10. The Balaban J connectivity index is 1.65. The van der Waals surface area contributed by atoms with Crippen molar-refractivity contribution in [2.75, 3.05) is 0 Å². The lowest BCUT2D eigenvalue weighted by atomic mass is 10.0. The Morgan fingerprint density at radius 3 is 2.67 bits per heavy atom. The van der Waals surface area contributed by atoms with Crippen molar-refractivity contribution in [2.45, 2.75) is 10.2 Å². The van der Waals surface area contributed by atoms with Gasteiger partial charge in [-0.2, -0.15) is 5.26 Å². The van der Waals surface area contributed by atoms with Gasteiger partial charge in [0.05, 0.1) is 12.4 Å². The number of nitriles is 1. The van der Waals surface area contributed by atoms with Gasteiger partial charge in [-0.1, -0.05) is 36.4 Å². The summed E-state index contributed by atoms with van der Waals surface area (Å²) < 4.78 is 5.75. The Hall–Kier alpha value is -3.24. The number of hydrogen-bond donors (Lipinski definition) is 0. The van der Waals surface area contributed by atoms with Gasteiger partial charge in [0.15, 0.2) is 5.69 Å². The quantitative estimate of drug-likeness (QED) is 0.565. The van der Waals surface area contributed by atoms with E-state index in [0.717, 1.165) is 16.3 Å². The van der Waals surface area contributed by atoms with E-state index in [1.165, 1.54) is 24.2 Å². The molecular weight excluding hydrogens is 322 g/mol. The molecule has 0 saturated heterocycles. The standard InChI is InChI=1S/C17H9N5OS/c18-8-12-9-20-15(10-19-12)24-17-22-21-16(23-17)14-7-3-5-11-4-1-2-6-13(11)14/h1-7,9-10H. The molecule has 0 radical (unpaired) electrons. The fraction of sp³-hybridized carbons (Fsp3) is 0. The molecule has 0 saturated carbocycles. The van der Waals surface area contributed by atoms with Gasteiger partial charge in [-0.3, -0.25) is 0 Å². The Morgan fingerprint density at radius 2 is 1.83 bits per heavy atom. The molecule has 0 bridgehead atoms. The van der Waals surface area contributed by atoms with Crippen molar-refractivity contribution in [3.05, 3.63) is 60.6 Å². The zero-order chi connectivity index (χ0) is 16.4. The molecule has 2 heterocycles. The predicted molar refractivity (Wildman–Crippen MR) is 88.1 cm³/mol. The molecule has 0 aliphatic rings. The zero-order valence-corrected chi connectivity index (χ0v) is 13.1. The summed E-state index contributed by atoms with van der Waals surface area (Å²) >= 11 is 1.20. The molecule has 2 aromatic heterocycles. The molecule has 4 rings (SSSR count). The molecule has 114 valence electrons. The Kier molecular flexibility index (Phi) is 3.65. The normalized spacial score (nSPS) is 10.6. The van der Waals surface area contributed by atoms with Crippen LogP contribution in [-0.4, -0.2) is 20.2 Å². The minimum atomic E-state index is 0.265. The van der Waals surface area contributed by atoms with Crippen LogP contribution in [0, 0.1) is 11.3 Å². The SMILES string of the molecule is N#Cc1cnc(Sc2nnc(-c3cccc4ccccc34)o2)cn1. The Morgan fingerprint density at radius 1 is 0.958 bits per heavy atom. The topological polar surface area (TPSA) is 88.5 Å². The summed E-state index contributed by atoms with van der Waals surface area (Å²) in [6.45, 7) is 0. The molecular formula is C17H9N5OS. The molecule has 0 spiro atoms. The van der Waals surface area contributed by atoms with Crippen LogP contribution < -0.4 is 0 Å². The fourth-order valence-corrected chi connectivity index (χ4v) is 2.88. The number of benzene rings is 2. The molecule has 0 amide bonds. The first-order chi connectivity index (χ1) is 11.8. The highest BCUT2D eigenvalue weighted by Gasteiger charge is 2.13. The van der Waals surface area contributed by atoms with E-state index in [1.807, 2.05) is 48.5 Å². The van der Waals surface area contributed by atoms with E-state index >= 15 is 0 Å². The van der Waals surface area contributed by atoms with E-state index in [1.54, 1.807) is 0 Å². The van der Waals surface area contributed by atoms with E-state index in [-0.39, 0.29) is 5.69 Å². The van der Waals surface area contributed by atoms with E-state index in [9.17, 15) is 0 Å². The van der Waals surface area contributed by atoms with Crippen LogP contribution in [-0.2, 0) is 0 Å². The molecule has 7 heteroatoms. The van der Waals surface area contributed by atoms with E-state index in [4.69, 9.17) is 9.68 Å². The highest BCUT2D eigenvalue weighted by Crippen LogP contribution is 2.31. The molecule has 24 heavy (non-hydrogen) atoms. The van der Waals surface area contributed by atoms with Crippen molar-refractivity contribution in [3.8, 4) is 17.5 Å². The molecule has 0 N–H and O–H groups in total. The second-order valence-corrected chi connectivity index (χ2v) is 5.83. The van der Waals surface area contributed by atoms with Gasteiger partial charge >= 0.3 is 0 Å². The number of rotatable bonds is 3. The maximum atomic E-state index is 8.73. The number of aromatic nitrogens is 4.